The predicted octanol–water partition coefficient (Wildman–Crippen LogP) is -0.398. The van der Waals surface area contributed by atoms with Crippen molar-refractivity contribution in [3.8, 4) is 0 Å². The standard InChI is InChI=1S/C11H17NO5/c1-11(16)4-5-12(6-11)9(13)7-2-3-8(17-7)10(14)15/h7-8,16H,2-6H2,1H3,(H,14,15)/t7-,8+,11?/m0/s1. The molecule has 0 bridgehead atoms. The van der Waals surface area contributed by atoms with Crippen LogP contribution in [0.15, 0.2) is 0 Å². The fourth-order valence-electron chi connectivity index (χ4n) is 2.34. The summed E-state index contributed by atoms with van der Waals surface area (Å²) in [5, 5.41) is 18.5. The molecule has 0 aromatic heterocycles. The number of β-amino-alcohol motifs (C(OH)–C–C–N with tert-alkyl or cyclic N) is 1. The highest BCUT2D eigenvalue weighted by Crippen LogP contribution is 2.26. The van der Waals surface area contributed by atoms with Gasteiger partial charge in [-0.2, -0.15) is 0 Å². The summed E-state index contributed by atoms with van der Waals surface area (Å²) in [7, 11) is 0. The molecule has 1 unspecified atom stereocenters. The van der Waals surface area contributed by atoms with Crippen molar-refractivity contribution >= 4 is 11.9 Å². The molecule has 0 aromatic carbocycles. The minimum atomic E-state index is -1.02. The van der Waals surface area contributed by atoms with E-state index in [0.717, 1.165) is 0 Å². The number of hydrogen-bond acceptors (Lipinski definition) is 4. The number of amides is 1. The van der Waals surface area contributed by atoms with Gasteiger partial charge in [0.2, 0.25) is 0 Å². The number of nitrogens with zero attached hydrogens (tertiary/aromatic N) is 1. The number of rotatable bonds is 2. The number of carbonyl (C=O) groups is 2. The molecule has 2 saturated heterocycles. The zero-order valence-corrected chi connectivity index (χ0v) is 9.76. The van der Waals surface area contributed by atoms with Crippen LogP contribution in [0.1, 0.15) is 26.2 Å². The molecule has 0 radical (unpaired) electrons. The summed E-state index contributed by atoms with van der Waals surface area (Å²) in [5.41, 5.74) is -0.833. The van der Waals surface area contributed by atoms with Gasteiger partial charge < -0.3 is 19.8 Å². The quantitative estimate of drug-likeness (QED) is 0.689. The van der Waals surface area contributed by atoms with Gasteiger partial charge in [0.25, 0.3) is 5.91 Å². The van der Waals surface area contributed by atoms with E-state index in [4.69, 9.17) is 9.84 Å². The number of carboxylic acid groups (broad SMARTS) is 1. The van der Waals surface area contributed by atoms with Crippen molar-refractivity contribution in [2.24, 2.45) is 0 Å². The molecule has 2 rings (SSSR count). The molecular weight excluding hydrogens is 226 g/mol. The van der Waals surface area contributed by atoms with E-state index in [0.29, 0.717) is 32.4 Å². The SMILES string of the molecule is CC1(O)CCN(C(=O)[C@@H]2CC[C@H](C(=O)O)O2)C1. The van der Waals surface area contributed by atoms with Crippen molar-refractivity contribution in [2.45, 2.75) is 44.0 Å². The third-order valence-corrected chi connectivity index (χ3v) is 3.33. The third-order valence-electron chi connectivity index (χ3n) is 3.33. The van der Waals surface area contributed by atoms with Crippen LogP contribution < -0.4 is 0 Å². The molecule has 0 saturated carbocycles. The molecule has 6 heteroatoms. The van der Waals surface area contributed by atoms with Crippen LogP contribution in [0.4, 0.5) is 0 Å². The van der Waals surface area contributed by atoms with Gasteiger partial charge in [0, 0.05) is 13.1 Å². The lowest BCUT2D eigenvalue weighted by Gasteiger charge is -2.22. The summed E-state index contributed by atoms with van der Waals surface area (Å²) < 4.78 is 5.19. The minimum Gasteiger partial charge on any atom is -0.479 e. The number of carboxylic acids is 1. The van der Waals surface area contributed by atoms with Crippen molar-refractivity contribution < 1.29 is 24.5 Å². The number of ether oxygens (including phenoxy) is 1. The Morgan fingerprint density at radius 3 is 2.47 bits per heavy atom. The summed E-state index contributed by atoms with van der Waals surface area (Å²) in [6, 6.07) is 0. The van der Waals surface area contributed by atoms with E-state index in [1.807, 2.05) is 0 Å². The van der Waals surface area contributed by atoms with Crippen molar-refractivity contribution in [3.05, 3.63) is 0 Å². The molecule has 96 valence electrons. The van der Waals surface area contributed by atoms with Gasteiger partial charge in [-0.05, 0) is 26.2 Å². The number of carbonyl (C=O) groups excluding carboxylic acids is 1. The molecule has 1 amide bonds. The fourth-order valence-corrected chi connectivity index (χ4v) is 2.34. The van der Waals surface area contributed by atoms with Crippen LogP contribution in [0.5, 0.6) is 0 Å². The Kier molecular flexibility index (Phi) is 3.09. The second kappa shape index (κ2) is 4.27. The first-order valence-electron chi connectivity index (χ1n) is 5.78. The van der Waals surface area contributed by atoms with Gasteiger partial charge in [-0.3, -0.25) is 4.79 Å². The van der Waals surface area contributed by atoms with Crippen molar-refractivity contribution in [1.29, 1.82) is 0 Å². The van der Waals surface area contributed by atoms with Gasteiger partial charge in [-0.1, -0.05) is 0 Å². The highest BCUT2D eigenvalue weighted by atomic mass is 16.5. The zero-order valence-electron chi connectivity index (χ0n) is 9.76. The molecule has 6 nitrogen and oxygen atoms in total. The summed E-state index contributed by atoms with van der Waals surface area (Å²) in [6.45, 7) is 2.49. The Hall–Kier alpha value is -1.14. The maximum absolute atomic E-state index is 12.0. The molecule has 17 heavy (non-hydrogen) atoms. The highest BCUT2D eigenvalue weighted by molar-refractivity contribution is 5.83. The first-order valence-corrected chi connectivity index (χ1v) is 5.78. The van der Waals surface area contributed by atoms with Crippen LogP contribution in [-0.2, 0) is 14.3 Å². The van der Waals surface area contributed by atoms with Crippen LogP contribution >= 0.6 is 0 Å². The summed E-state index contributed by atoms with van der Waals surface area (Å²) in [4.78, 5) is 24.3. The summed E-state index contributed by atoms with van der Waals surface area (Å²) in [5.74, 6) is -1.22. The lowest BCUT2D eigenvalue weighted by Crippen LogP contribution is -2.40. The van der Waals surface area contributed by atoms with E-state index in [1.165, 1.54) is 0 Å². The van der Waals surface area contributed by atoms with Gasteiger partial charge in [0.15, 0.2) is 6.10 Å². The molecule has 0 aliphatic carbocycles. The number of aliphatic hydroxyl groups is 1. The van der Waals surface area contributed by atoms with Crippen LogP contribution in [0.2, 0.25) is 0 Å². The maximum atomic E-state index is 12.0. The zero-order chi connectivity index (χ0) is 12.6. The maximum Gasteiger partial charge on any atom is 0.332 e. The molecule has 2 aliphatic rings. The Balaban J connectivity index is 1.92. The molecule has 2 heterocycles. The van der Waals surface area contributed by atoms with Crippen LogP contribution in [0, 0.1) is 0 Å². The molecule has 2 N–H and O–H groups in total. The first kappa shape index (κ1) is 12.3. The van der Waals surface area contributed by atoms with Gasteiger partial charge in [-0.15, -0.1) is 0 Å². The van der Waals surface area contributed by atoms with Gasteiger partial charge >= 0.3 is 5.97 Å². The van der Waals surface area contributed by atoms with E-state index < -0.39 is 23.8 Å². The van der Waals surface area contributed by atoms with Crippen molar-refractivity contribution in [3.63, 3.8) is 0 Å². The molecule has 0 spiro atoms. The average molecular weight is 243 g/mol. The lowest BCUT2D eigenvalue weighted by atomic mass is 10.1. The summed E-state index contributed by atoms with van der Waals surface area (Å²) >= 11 is 0. The van der Waals surface area contributed by atoms with E-state index in [-0.39, 0.29) is 5.91 Å². The smallest absolute Gasteiger partial charge is 0.332 e. The Bertz CT molecular complexity index is 341. The van der Waals surface area contributed by atoms with Crippen LogP contribution in [0.25, 0.3) is 0 Å². The lowest BCUT2D eigenvalue weighted by molar-refractivity contribution is -0.154. The highest BCUT2D eigenvalue weighted by Gasteiger charge is 2.41. The number of likely N-dealkylation sites (tertiary alicyclic amines) is 1. The molecule has 2 fully saturated rings. The normalized spacial score (nSPS) is 37.4. The minimum absolute atomic E-state index is 0.202. The van der Waals surface area contributed by atoms with Crippen LogP contribution in [0.3, 0.4) is 0 Å². The second-order valence-corrected chi connectivity index (χ2v) is 5.04. The molecule has 0 aromatic rings. The predicted molar refractivity (Wildman–Crippen MR) is 57.4 cm³/mol. The van der Waals surface area contributed by atoms with Gasteiger partial charge in [-0.25, -0.2) is 4.79 Å². The first-order chi connectivity index (χ1) is 7.89. The average Bonchev–Trinajstić information content (AvgIpc) is 2.83. The Morgan fingerprint density at radius 2 is 2.00 bits per heavy atom. The Labute approximate surface area is 99.2 Å². The topological polar surface area (TPSA) is 87.1 Å². The third kappa shape index (κ3) is 2.58. The second-order valence-electron chi connectivity index (χ2n) is 5.04. The van der Waals surface area contributed by atoms with Gasteiger partial charge in [0.05, 0.1) is 5.60 Å². The largest absolute Gasteiger partial charge is 0.479 e. The van der Waals surface area contributed by atoms with Crippen LogP contribution in [-0.4, -0.2) is 57.9 Å². The van der Waals surface area contributed by atoms with E-state index >= 15 is 0 Å². The van der Waals surface area contributed by atoms with E-state index in [2.05, 4.69) is 0 Å². The van der Waals surface area contributed by atoms with E-state index in [9.17, 15) is 14.7 Å². The number of aliphatic carboxylic acids is 1. The van der Waals surface area contributed by atoms with Crippen molar-refractivity contribution in [1.82, 2.24) is 4.90 Å². The van der Waals surface area contributed by atoms with E-state index in [1.54, 1.807) is 11.8 Å². The summed E-state index contributed by atoms with van der Waals surface area (Å²) in [6.07, 6.45) is -0.171. The number of hydrogen-bond donors (Lipinski definition) is 2. The molecule has 3 atom stereocenters. The fraction of sp³-hybridized carbons (Fsp3) is 0.818. The van der Waals surface area contributed by atoms with Gasteiger partial charge in [0.1, 0.15) is 6.10 Å². The monoisotopic (exact) mass is 243 g/mol. The molecule has 2 aliphatic heterocycles. The Morgan fingerprint density at radius 1 is 1.35 bits per heavy atom. The van der Waals surface area contributed by atoms with Crippen molar-refractivity contribution in [2.75, 3.05) is 13.1 Å². The molecular formula is C11H17NO5.